The lowest BCUT2D eigenvalue weighted by Gasteiger charge is -2.18. The van der Waals surface area contributed by atoms with Crippen LogP contribution in [-0.2, 0) is 9.59 Å². The van der Waals surface area contributed by atoms with E-state index < -0.39 is 0 Å². The SMILES string of the molecule is CC1=CC[C@@H]2C(=O)N(c3ccc(C(=O)Nc4ccc(C)c(C)c4)cc3)C(=O)[C@H]2C1. The van der Waals surface area contributed by atoms with E-state index in [1.54, 1.807) is 24.3 Å². The minimum absolute atomic E-state index is 0.139. The number of allylic oxidation sites excluding steroid dienone is 2. The van der Waals surface area contributed by atoms with Crippen molar-refractivity contribution in [1.29, 1.82) is 0 Å². The highest BCUT2D eigenvalue weighted by Gasteiger charge is 2.48. The molecule has 5 nitrogen and oxygen atoms in total. The number of imide groups is 1. The van der Waals surface area contributed by atoms with Gasteiger partial charge in [-0.05, 0) is 81.1 Å². The Morgan fingerprint density at radius 2 is 1.62 bits per heavy atom. The summed E-state index contributed by atoms with van der Waals surface area (Å²) in [6.45, 7) is 6.02. The fraction of sp³-hybridized carbons (Fsp3) is 0.292. The molecular formula is C24H24N2O3. The van der Waals surface area contributed by atoms with Crippen molar-refractivity contribution in [2.75, 3.05) is 10.2 Å². The normalized spacial score (nSPS) is 21.1. The topological polar surface area (TPSA) is 66.5 Å². The second-order valence-corrected chi connectivity index (χ2v) is 8.02. The number of amides is 3. The zero-order valence-electron chi connectivity index (χ0n) is 16.9. The van der Waals surface area contributed by atoms with Gasteiger partial charge in [-0.15, -0.1) is 0 Å². The molecule has 1 saturated heterocycles. The summed E-state index contributed by atoms with van der Waals surface area (Å²) >= 11 is 0. The minimum atomic E-state index is -0.265. The lowest BCUT2D eigenvalue weighted by Crippen LogP contribution is -2.30. The summed E-state index contributed by atoms with van der Waals surface area (Å²) in [5.41, 5.74) is 5.16. The van der Waals surface area contributed by atoms with E-state index in [1.165, 1.54) is 10.5 Å². The highest BCUT2D eigenvalue weighted by Crippen LogP contribution is 2.39. The minimum Gasteiger partial charge on any atom is -0.322 e. The van der Waals surface area contributed by atoms with Crippen molar-refractivity contribution in [3.8, 4) is 0 Å². The lowest BCUT2D eigenvalue weighted by molar-refractivity contribution is -0.122. The van der Waals surface area contributed by atoms with Crippen molar-refractivity contribution < 1.29 is 14.4 Å². The number of benzene rings is 2. The molecule has 1 heterocycles. The maximum atomic E-state index is 12.8. The van der Waals surface area contributed by atoms with Gasteiger partial charge in [0.1, 0.15) is 0 Å². The van der Waals surface area contributed by atoms with E-state index in [0.717, 1.165) is 16.8 Å². The second kappa shape index (κ2) is 7.32. The molecule has 0 aromatic heterocycles. The standard InChI is InChI=1S/C24H24N2O3/c1-14-4-11-20-21(12-14)24(29)26(23(20)28)19-9-6-17(7-10-19)22(27)25-18-8-5-15(2)16(3)13-18/h4-10,13,20-21H,11-12H2,1-3H3,(H,25,27)/t20-,21-/m0/s1. The number of nitrogens with one attached hydrogen (secondary N) is 1. The van der Waals surface area contributed by atoms with Crippen molar-refractivity contribution >= 4 is 29.1 Å². The molecule has 0 unspecified atom stereocenters. The van der Waals surface area contributed by atoms with Gasteiger partial charge in [-0.25, -0.2) is 0 Å². The molecule has 2 atom stereocenters. The zero-order chi connectivity index (χ0) is 20.7. The number of nitrogens with zero attached hydrogens (tertiary/aromatic N) is 1. The van der Waals surface area contributed by atoms with E-state index in [2.05, 4.69) is 11.4 Å². The van der Waals surface area contributed by atoms with E-state index in [4.69, 9.17) is 0 Å². The Morgan fingerprint density at radius 1 is 0.931 bits per heavy atom. The second-order valence-electron chi connectivity index (χ2n) is 8.02. The van der Waals surface area contributed by atoms with Crippen LogP contribution in [0.25, 0.3) is 0 Å². The van der Waals surface area contributed by atoms with Gasteiger partial charge >= 0.3 is 0 Å². The summed E-state index contributed by atoms with van der Waals surface area (Å²) in [7, 11) is 0. The van der Waals surface area contributed by atoms with Gasteiger partial charge in [0, 0.05) is 11.3 Å². The molecule has 1 aliphatic carbocycles. The molecule has 4 rings (SSSR count). The summed E-state index contributed by atoms with van der Waals surface area (Å²) in [4.78, 5) is 39.4. The largest absolute Gasteiger partial charge is 0.322 e. The third kappa shape index (κ3) is 3.48. The first-order valence-electron chi connectivity index (χ1n) is 9.87. The average molecular weight is 388 g/mol. The third-order valence-corrected chi connectivity index (χ3v) is 5.98. The molecule has 2 aromatic rings. The number of rotatable bonds is 3. The molecule has 0 saturated carbocycles. The van der Waals surface area contributed by atoms with Gasteiger partial charge in [-0.3, -0.25) is 19.3 Å². The van der Waals surface area contributed by atoms with Gasteiger partial charge < -0.3 is 5.32 Å². The highest BCUT2D eigenvalue weighted by molar-refractivity contribution is 6.22. The summed E-state index contributed by atoms with van der Waals surface area (Å²) in [6.07, 6.45) is 3.31. The van der Waals surface area contributed by atoms with Gasteiger partial charge in [0.05, 0.1) is 17.5 Å². The number of fused-ring (bicyclic) bond motifs is 1. The number of anilines is 2. The molecule has 0 bridgehead atoms. The molecule has 2 aromatic carbocycles. The van der Waals surface area contributed by atoms with Crippen molar-refractivity contribution in [1.82, 2.24) is 0 Å². The molecular weight excluding hydrogens is 364 g/mol. The predicted octanol–water partition coefficient (Wildman–Crippen LogP) is 4.40. The van der Waals surface area contributed by atoms with Crippen LogP contribution in [0.5, 0.6) is 0 Å². The number of hydrogen-bond donors (Lipinski definition) is 1. The molecule has 148 valence electrons. The van der Waals surface area contributed by atoms with Crippen LogP contribution < -0.4 is 10.2 Å². The van der Waals surface area contributed by atoms with Crippen molar-refractivity contribution in [2.24, 2.45) is 11.8 Å². The van der Waals surface area contributed by atoms with Crippen LogP contribution in [-0.4, -0.2) is 17.7 Å². The van der Waals surface area contributed by atoms with Crippen LogP contribution >= 0.6 is 0 Å². The summed E-state index contributed by atoms with van der Waals surface area (Å²) in [6, 6.07) is 12.4. The Labute approximate surface area is 170 Å². The van der Waals surface area contributed by atoms with Gasteiger partial charge in [0.2, 0.25) is 11.8 Å². The van der Waals surface area contributed by atoms with Crippen LogP contribution in [0.15, 0.2) is 54.1 Å². The number of carbonyl (C=O) groups excluding carboxylic acids is 3. The molecule has 29 heavy (non-hydrogen) atoms. The summed E-state index contributed by atoms with van der Waals surface area (Å²) in [5.74, 6) is -1.04. The van der Waals surface area contributed by atoms with Gasteiger partial charge in [-0.2, -0.15) is 0 Å². The van der Waals surface area contributed by atoms with Crippen molar-refractivity contribution in [3.05, 3.63) is 70.8 Å². The molecule has 1 aliphatic heterocycles. The number of hydrogen-bond acceptors (Lipinski definition) is 3. The van der Waals surface area contributed by atoms with Crippen LogP contribution in [0.3, 0.4) is 0 Å². The van der Waals surface area contributed by atoms with Crippen LogP contribution in [0, 0.1) is 25.7 Å². The fourth-order valence-electron chi connectivity index (χ4n) is 4.08. The fourth-order valence-corrected chi connectivity index (χ4v) is 4.08. The number of aryl methyl sites for hydroxylation is 2. The Kier molecular flexibility index (Phi) is 4.82. The van der Waals surface area contributed by atoms with Gasteiger partial charge in [-0.1, -0.05) is 17.7 Å². The first-order valence-corrected chi connectivity index (χ1v) is 9.87. The average Bonchev–Trinajstić information content (AvgIpc) is 2.94. The molecule has 5 heteroatoms. The predicted molar refractivity (Wildman–Crippen MR) is 113 cm³/mol. The lowest BCUT2D eigenvalue weighted by atomic mass is 9.82. The Bertz CT molecular complexity index is 1040. The third-order valence-electron chi connectivity index (χ3n) is 5.98. The first-order chi connectivity index (χ1) is 13.8. The van der Waals surface area contributed by atoms with Crippen molar-refractivity contribution in [2.45, 2.75) is 33.6 Å². The van der Waals surface area contributed by atoms with E-state index in [0.29, 0.717) is 24.1 Å². The molecule has 3 amide bonds. The van der Waals surface area contributed by atoms with Gasteiger partial charge in [0.15, 0.2) is 0 Å². The first kappa shape index (κ1) is 19.1. The van der Waals surface area contributed by atoms with E-state index in [9.17, 15) is 14.4 Å². The molecule has 0 spiro atoms. The van der Waals surface area contributed by atoms with Crippen molar-refractivity contribution in [3.63, 3.8) is 0 Å². The monoisotopic (exact) mass is 388 g/mol. The molecule has 1 fully saturated rings. The van der Waals surface area contributed by atoms with E-state index in [1.807, 2.05) is 39.0 Å². The maximum absolute atomic E-state index is 12.8. The molecule has 0 radical (unpaired) electrons. The van der Waals surface area contributed by atoms with Gasteiger partial charge in [0.25, 0.3) is 5.91 Å². The van der Waals surface area contributed by atoms with Crippen LogP contribution in [0.1, 0.15) is 41.3 Å². The highest BCUT2D eigenvalue weighted by atomic mass is 16.2. The summed E-state index contributed by atoms with van der Waals surface area (Å²) < 4.78 is 0. The molecule has 2 aliphatic rings. The maximum Gasteiger partial charge on any atom is 0.255 e. The van der Waals surface area contributed by atoms with E-state index in [-0.39, 0.29) is 29.6 Å². The van der Waals surface area contributed by atoms with Crippen LogP contribution in [0.4, 0.5) is 11.4 Å². The molecule has 1 N–H and O–H groups in total. The Hall–Kier alpha value is -3.21. The summed E-state index contributed by atoms with van der Waals surface area (Å²) in [5, 5.41) is 2.89. The Morgan fingerprint density at radius 3 is 2.31 bits per heavy atom. The smallest absolute Gasteiger partial charge is 0.255 e. The Balaban J connectivity index is 1.50. The van der Waals surface area contributed by atoms with Crippen LogP contribution in [0.2, 0.25) is 0 Å². The zero-order valence-corrected chi connectivity index (χ0v) is 16.9. The quantitative estimate of drug-likeness (QED) is 0.626. The van der Waals surface area contributed by atoms with E-state index >= 15 is 0 Å². The number of carbonyl (C=O) groups is 3.